The Morgan fingerprint density at radius 1 is 1.23 bits per heavy atom. The van der Waals surface area contributed by atoms with Crippen LogP contribution in [0.3, 0.4) is 0 Å². The molecule has 2 nitrogen and oxygen atoms in total. The molecule has 1 atom stereocenters. The summed E-state index contributed by atoms with van der Waals surface area (Å²) in [6, 6.07) is 0. The van der Waals surface area contributed by atoms with Crippen LogP contribution in [0.5, 0.6) is 0 Å². The summed E-state index contributed by atoms with van der Waals surface area (Å²) in [7, 11) is 0. The quantitative estimate of drug-likeness (QED) is 0.600. The lowest BCUT2D eigenvalue weighted by atomic mass is 9.89. The van der Waals surface area contributed by atoms with Crippen LogP contribution in [0.15, 0.2) is 5.16 Å². The SMILES string of the molecule is CC1CCC/C(=N/OC2CCC2)C1. The number of nitrogens with zero attached hydrogens (tertiary/aromatic N) is 1. The fourth-order valence-corrected chi connectivity index (χ4v) is 1.97. The molecule has 1 unspecified atom stereocenters. The monoisotopic (exact) mass is 181 g/mol. The summed E-state index contributed by atoms with van der Waals surface area (Å²) in [5.41, 5.74) is 1.30. The molecule has 2 rings (SSSR count). The van der Waals surface area contributed by atoms with Crippen molar-refractivity contribution in [3.63, 3.8) is 0 Å². The van der Waals surface area contributed by atoms with Crippen LogP contribution in [0.4, 0.5) is 0 Å². The van der Waals surface area contributed by atoms with Crippen molar-refractivity contribution in [2.24, 2.45) is 11.1 Å². The Kier molecular flexibility index (Phi) is 2.87. The molecule has 2 aliphatic carbocycles. The van der Waals surface area contributed by atoms with Gasteiger partial charge in [-0.05, 0) is 50.9 Å². The van der Waals surface area contributed by atoms with Crippen molar-refractivity contribution < 1.29 is 4.84 Å². The maximum Gasteiger partial charge on any atom is 0.127 e. The van der Waals surface area contributed by atoms with Gasteiger partial charge in [-0.2, -0.15) is 0 Å². The Hall–Kier alpha value is -0.530. The summed E-state index contributed by atoms with van der Waals surface area (Å²) in [5, 5.41) is 4.27. The minimum atomic E-state index is 0.449. The second kappa shape index (κ2) is 4.12. The van der Waals surface area contributed by atoms with E-state index in [-0.39, 0.29) is 0 Å². The summed E-state index contributed by atoms with van der Waals surface area (Å²) in [6.07, 6.45) is 9.19. The predicted octanol–water partition coefficient (Wildman–Crippen LogP) is 3.12. The maximum absolute atomic E-state index is 5.45. The van der Waals surface area contributed by atoms with E-state index in [2.05, 4.69) is 12.1 Å². The summed E-state index contributed by atoms with van der Waals surface area (Å²) < 4.78 is 0. The average molecular weight is 181 g/mol. The minimum Gasteiger partial charge on any atom is -0.393 e. The Morgan fingerprint density at radius 2 is 2.08 bits per heavy atom. The van der Waals surface area contributed by atoms with Crippen molar-refractivity contribution in [3.05, 3.63) is 0 Å². The summed E-state index contributed by atoms with van der Waals surface area (Å²) in [5.74, 6) is 0.817. The van der Waals surface area contributed by atoms with Crippen LogP contribution >= 0.6 is 0 Å². The van der Waals surface area contributed by atoms with E-state index in [1.165, 1.54) is 37.8 Å². The van der Waals surface area contributed by atoms with Gasteiger partial charge in [0.2, 0.25) is 0 Å². The highest BCUT2D eigenvalue weighted by Crippen LogP contribution is 2.24. The standard InChI is InChI=1S/C11H19NO/c1-9-4-2-5-10(8-9)12-13-11-6-3-7-11/h9,11H,2-8H2,1H3/b12-10-. The van der Waals surface area contributed by atoms with Crippen molar-refractivity contribution in [2.75, 3.05) is 0 Å². The summed E-state index contributed by atoms with van der Waals surface area (Å²) in [6.45, 7) is 2.30. The Morgan fingerprint density at radius 3 is 2.69 bits per heavy atom. The van der Waals surface area contributed by atoms with Gasteiger partial charge in [-0.15, -0.1) is 0 Å². The first-order valence-corrected chi connectivity index (χ1v) is 5.56. The van der Waals surface area contributed by atoms with Gasteiger partial charge < -0.3 is 4.84 Å². The van der Waals surface area contributed by atoms with Crippen LogP contribution in [0.1, 0.15) is 51.9 Å². The van der Waals surface area contributed by atoms with Crippen molar-refractivity contribution in [3.8, 4) is 0 Å². The summed E-state index contributed by atoms with van der Waals surface area (Å²) in [4.78, 5) is 5.45. The van der Waals surface area contributed by atoms with Crippen LogP contribution in [0.2, 0.25) is 0 Å². The highest BCUT2D eigenvalue weighted by Gasteiger charge is 2.20. The molecule has 0 heterocycles. The average Bonchev–Trinajstić information content (AvgIpc) is 2.01. The number of hydrogen-bond acceptors (Lipinski definition) is 2. The minimum absolute atomic E-state index is 0.449. The van der Waals surface area contributed by atoms with Crippen molar-refractivity contribution in [1.29, 1.82) is 0 Å². The van der Waals surface area contributed by atoms with E-state index in [0.29, 0.717) is 6.10 Å². The van der Waals surface area contributed by atoms with Crippen LogP contribution < -0.4 is 0 Å². The molecule has 74 valence electrons. The maximum atomic E-state index is 5.45. The van der Waals surface area contributed by atoms with Crippen molar-refractivity contribution in [1.82, 2.24) is 0 Å². The van der Waals surface area contributed by atoms with Gasteiger partial charge in [-0.1, -0.05) is 12.1 Å². The number of hydrogen-bond donors (Lipinski definition) is 0. The van der Waals surface area contributed by atoms with Crippen LogP contribution in [0.25, 0.3) is 0 Å². The largest absolute Gasteiger partial charge is 0.393 e. The highest BCUT2D eigenvalue weighted by atomic mass is 16.6. The smallest absolute Gasteiger partial charge is 0.127 e. The van der Waals surface area contributed by atoms with Gasteiger partial charge in [-0.25, -0.2) is 0 Å². The molecule has 2 saturated carbocycles. The molecule has 0 N–H and O–H groups in total. The van der Waals surface area contributed by atoms with E-state index < -0.39 is 0 Å². The lowest BCUT2D eigenvalue weighted by Gasteiger charge is -2.24. The number of rotatable bonds is 2. The third kappa shape index (κ3) is 2.45. The topological polar surface area (TPSA) is 21.6 Å². The molecule has 2 aliphatic rings. The Balaban J connectivity index is 1.77. The third-order valence-electron chi connectivity index (χ3n) is 3.13. The zero-order valence-electron chi connectivity index (χ0n) is 8.46. The molecule has 0 aromatic heterocycles. The first kappa shape index (κ1) is 9.04. The van der Waals surface area contributed by atoms with Crippen molar-refractivity contribution in [2.45, 2.75) is 58.0 Å². The zero-order valence-corrected chi connectivity index (χ0v) is 8.46. The van der Waals surface area contributed by atoms with Crippen molar-refractivity contribution >= 4 is 5.71 Å². The van der Waals surface area contributed by atoms with E-state index in [4.69, 9.17) is 4.84 Å². The first-order valence-electron chi connectivity index (χ1n) is 5.56. The predicted molar refractivity (Wildman–Crippen MR) is 53.8 cm³/mol. The molecule has 0 aliphatic heterocycles. The molecular formula is C11H19NO. The highest BCUT2D eigenvalue weighted by molar-refractivity contribution is 5.84. The van der Waals surface area contributed by atoms with Crippen LogP contribution in [0, 0.1) is 5.92 Å². The van der Waals surface area contributed by atoms with E-state index in [1.54, 1.807) is 0 Å². The van der Waals surface area contributed by atoms with Crippen LogP contribution in [-0.2, 0) is 4.84 Å². The first-order chi connectivity index (χ1) is 6.34. The van der Waals surface area contributed by atoms with E-state index in [9.17, 15) is 0 Å². The Labute approximate surface area is 80.3 Å². The second-order valence-electron chi connectivity index (χ2n) is 4.52. The fourth-order valence-electron chi connectivity index (χ4n) is 1.97. The lowest BCUT2D eigenvalue weighted by Crippen LogP contribution is -2.21. The van der Waals surface area contributed by atoms with Gasteiger partial charge in [0.05, 0.1) is 5.71 Å². The molecule has 0 aromatic rings. The van der Waals surface area contributed by atoms with Crippen LogP contribution in [-0.4, -0.2) is 11.8 Å². The molecule has 0 radical (unpaired) electrons. The van der Waals surface area contributed by atoms with E-state index in [1.807, 2.05) is 0 Å². The van der Waals surface area contributed by atoms with E-state index in [0.717, 1.165) is 18.8 Å². The fraction of sp³-hybridized carbons (Fsp3) is 0.909. The zero-order chi connectivity index (χ0) is 9.10. The normalized spacial score (nSPS) is 33.0. The Bertz CT molecular complexity index is 196. The van der Waals surface area contributed by atoms with Gasteiger partial charge in [0, 0.05) is 0 Å². The van der Waals surface area contributed by atoms with E-state index >= 15 is 0 Å². The van der Waals surface area contributed by atoms with Gasteiger partial charge >= 0.3 is 0 Å². The molecule has 0 bridgehead atoms. The lowest BCUT2D eigenvalue weighted by molar-refractivity contribution is 0.00495. The molecule has 2 fully saturated rings. The van der Waals surface area contributed by atoms with Gasteiger partial charge in [0.15, 0.2) is 0 Å². The molecule has 0 amide bonds. The summed E-state index contributed by atoms with van der Waals surface area (Å²) >= 11 is 0. The van der Waals surface area contributed by atoms with Gasteiger partial charge in [0.25, 0.3) is 0 Å². The number of oxime groups is 1. The van der Waals surface area contributed by atoms with Gasteiger partial charge in [-0.3, -0.25) is 0 Å². The molecule has 0 saturated heterocycles. The molecular weight excluding hydrogens is 162 g/mol. The molecule has 2 heteroatoms. The van der Waals surface area contributed by atoms with Gasteiger partial charge in [0.1, 0.15) is 6.10 Å². The molecule has 13 heavy (non-hydrogen) atoms. The second-order valence-corrected chi connectivity index (χ2v) is 4.52. The third-order valence-corrected chi connectivity index (χ3v) is 3.13. The molecule has 0 aromatic carbocycles. The molecule has 0 spiro atoms.